The number of benzene rings is 1. The molecule has 2 aromatic rings. The van der Waals surface area contributed by atoms with Gasteiger partial charge in [0, 0.05) is 16.8 Å². The molecule has 0 unspecified atom stereocenters. The molecule has 0 saturated carbocycles. The zero-order valence-electron chi connectivity index (χ0n) is 14.0. The summed E-state index contributed by atoms with van der Waals surface area (Å²) in [4.78, 5) is 5.87. The maximum Gasteiger partial charge on any atom is 0.188 e. The van der Waals surface area contributed by atoms with E-state index in [1.807, 2.05) is 0 Å². The molecule has 0 aliphatic rings. The second-order valence-electron chi connectivity index (χ2n) is 6.21. The van der Waals surface area contributed by atoms with Crippen LogP contribution in [0, 0.1) is 6.92 Å². The molecule has 0 amide bonds. The fourth-order valence-corrected chi connectivity index (χ4v) is 2.97. The first-order valence-corrected chi connectivity index (χ1v) is 8.49. The van der Waals surface area contributed by atoms with Crippen LogP contribution in [0.4, 0.5) is 0 Å². The minimum absolute atomic E-state index is 0. The number of rotatable bonds is 6. The molecule has 0 saturated heterocycles. The Bertz CT molecular complexity index is 621. The van der Waals surface area contributed by atoms with Crippen LogP contribution in [0.15, 0.2) is 46.8 Å². The summed E-state index contributed by atoms with van der Waals surface area (Å²) in [6.07, 6.45) is 0.981. The lowest BCUT2D eigenvalue weighted by Crippen LogP contribution is -2.35. The maximum atomic E-state index is 5.97. The number of hydrogen-bond acceptors (Lipinski definition) is 2. The molecule has 3 N–H and O–H groups in total. The van der Waals surface area contributed by atoms with Gasteiger partial charge in [0.05, 0.1) is 6.54 Å². The Labute approximate surface area is 160 Å². The van der Waals surface area contributed by atoms with Crippen molar-refractivity contribution in [3.8, 4) is 0 Å². The molecule has 0 aliphatic heterocycles. The average Bonchev–Trinajstić information content (AvgIpc) is 2.99. The van der Waals surface area contributed by atoms with Gasteiger partial charge in [-0.2, -0.15) is 0 Å². The van der Waals surface area contributed by atoms with Crippen LogP contribution < -0.4 is 11.1 Å². The summed E-state index contributed by atoms with van der Waals surface area (Å²) in [6.45, 7) is 8.01. The van der Waals surface area contributed by atoms with Gasteiger partial charge in [-0.25, -0.2) is 0 Å². The number of guanidine groups is 1. The van der Waals surface area contributed by atoms with E-state index < -0.39 is 0 Å². The maximum absolute atomic E-state index is 5.97. The first-order valence-electron chi connectivity index (χ1n) is 7.61. The van der Waals surface area contributed by atoms with Crippen LogP contribution in [0.5, 0.6) is 0 Å². The first kappa shape index (κ1) is 20.0. The smallest absolute Gasteiger partial charge is 0.188 e. The minimum Gasteiger partial charge on any atom is -0.370 e. The highest BCUT2D eigenvalue weighted by Crippen LogP contribution is 2.24. The molecule has 0 bridgehead atoms. The average molecular weight is 443 g/mol. The zero-order chi connectivity index (χ0) is 16.0. The normalized spacial score (nSPS) is 11.9. The molecular weight excluding hydrogens is 417 g/mol. The van der Waals surface area contributed by atoms with E-state index in [0.717, 1.165) is 13.0 Å². The number of halogens is 1. The van der Waals surface area contributed by atoms with Gasteiger partial charge < -0.3 is 11.1 Å². The van der Waals surface area contributed by atoms with Gasteiger partial charge in [-0.05, 0) is 30.4 Å². The summed E-state index contributed by atoms with van der Waals surface area (Å²) in [5.74, 6) is 0.525. The number of hydrogen-bond donors (Lipinski definition) is 2. The molecule has 0 aliphatic carbocycles. The van der Waals surface area contributed by atoms with E-state index in [1.54, 1.807) is 11.3 Å². The van der Waals surface area contributed by atoms with Crippen molar-refractivity contribution in [2.45, 2.75) is 32.6 Å². The summed E-state index contributed by atoms with van der Waals surface area (Å²) in [7, 11) is 0. The van der Waals surface area contributed by atoms with Gasteiger partial charge in [0.15, 0.2) is 5.96 Å². The lowest BCUT2D eigenvalue weighted by molar-refractivity contribution is 0.538. The van der Waals surface area contributed by atoms with Crippen LogP contribution >= 0.6 is 35.3 Å². The quantitative estimate of drug-likeness (QED) is 0.401. The molecule has 0 fully saturated rings. The Kier molecular flexibility index (Phi) is 8.05. The number of nitrogens with one attached hydrogen (secondary N) is 1. The summed E-state index contributed by atoms with van der Waals surface area (Å²) >= 11 is 1.77. The van der Waals surface area contributed by atoms with Crippen molar-refractivity contribution in [2.75, 3.05) is 13.1 Å². The second-order valence-corrected chi connectivity index (χ2v) is 7.24. The van der Waals surface area contributed by atoms with Crippen molar-refractivity contribution in [1.29, 1.82) is 0 Å². The molecule has 0 atom stereocenters. The van der Waals surface area contributed by atoms with Gasteiger partial charge >= 0.3 is 0 Å². The number of aliphatic imine (C=N–C) groups is 1. The molecule has 126 valence electrons. The van der Waals surface area contributed by atoms with Gasteiger partial charge in [0.25, 0.3) is 0 Å². The Morgan fingerprint density at radius 2 is 2.04 bits per heavy atom. The van der Waals surface area contributed by atoms with Crippen molar-refractivity contribution in [3.05, 3.63) is 57.8 Å². The SMILES string of the molecule is Cc1cccc(C(C)(C)CN=C(N)NCCc2cccs2)c1.I. The van der Waals surface area contributed by atoms with Crippen LogP contribution in [-0.2, 0) is 11.8 Å². The molecule has 1 aromatic carbocycles. The van der Waals surface area contributed by atoms with E-state index in [-0.39, 0.29) is 29.4 Å². The van der Waals surface area contributed by atoms with Crippen molar-refractivity contribution < 1.29 is 0 Å². The fourth-order valence-electron chi connectivity index (χ4n) is 2.26. The number of nitrogens with two attached hydrogens (primary N) is 1. The summed E-state index contributed by atoms with van der Waals surface area (Å²) in [5, 5.41) is 5.29. The van der Waals surface area contributed by atoms with Crippen LogP contribution in [0.2, 0.25) is 0 Å². The molecule has 23 heavy (non-hydrogen) atoms. The molecule has 1 heterocycles. The third-order valence-corrected chi connectivity index (χ3v) is 4.64. The van der Waals surface area contributed by atoms with Crippen molar-refractivity contribution in [1.82, 2.24) is 5.32 Å². The van der Waals surface area contributed by atoms with Gasteiger partial charge in [-0.3, -0.25) is 4.99 Å². The molecular formula is C18H26IN3S. The van der Waals surface area contributed by atoms with Crippen LogP contribution in [0.3, 0.4) is 0 Å². The third-order valence-electron chi connectivity index (χ3n) is 3.70. The molecule has 3 nitrogen and oxygen atoms in total. The topological polar surface area (TPSA) is 50.4 Å². The number of aryl methyl sites for hydroxylation is 1. The lowest BCUT2D eigenvalue weighted by Gasteiger charge is -2.23. The van der Waals surface area contributed by atoms with Crippen LogP contribution in [-0.4, -0.2) is 19.0 Å². The third kappa shape index (κ3) is 6.51. The van der Waals surface area contributed by atoms with E-state index in [4.69, 9.17) is 5.73 Å². The van der Waals surface area contributed by atoms with E-state index >= 15 is 0 Å². The number of thiophene rings is 1. The molecule has 0 spiro atoms. The van der Waals surface area contributed by atoms with Crippen molar-refractivity contribution in [2.24, 2.45) is 10.7 Å². The van der Waals surface area contributed by atoms with E-state index in [2.05, 4.69) is 72.9 Å². The summed E-state index contributed by atoms with van der Waals surface area (Å²) in [5.41, 5.74) is 8.52. The van der Waals surface area contributed by atoms with E-state index in [9.17, 15) is 0 Å². The highest BCUT2D eigenvalue weighted by atomic mass is 127. The highest BCUT2D eigenvalue weighted by molar-refractivity contribution is 14.0. The van der Waals surface area contributed by atoms with Crippen molar-refractivity contribution in [3.63, 3.8) is 0 Å². The Hall–Kier alpha value is -1.08. The Morgan fingerprint density at radius 3 is 2.70 bits per heavy atom. The van der Waals surface area contributed by atoms with Crippen LogP contribution in [0.1, 0.15) is 29.9 Å². The van der Waals surface area contributed by atoms with Crippen LogP contribution in [0.25, 0.3) is 0 Å². The Balaban J connectivity index is 0.00000264. The number of nitrogens with zero attached hydrogens (tertiary/aromatic N) is 1. The monoisotopic (exact) mass is 443 g/mol. The second kappa shape index (κ2) is 9.27. The van der Waals surface area contributed by atoms with Gasteiger partial charge in [-0.15, -0.1) is 35.3 Å². The van der Waals surface area contributed by atoms with Gasteiger partial charge in [0.2, 0.25) is 0 Å². The predicted molar refractivity (Wildman–Crippen MR) is 112 cm³/mol. The van der Waals surface area contributed by atoms with Crippen molar-refractivity contribution >= 4 is 41.3 Å². The molecule has 1 aromatic heterocycles. The van der Waals surface area contributed by atoms with E-state index in [0.29, 0.717) is 12.5 Å². The largest absolute Gasteiger partial charge is 0.370 e. The standard InChI is InChI=1S/C18H25N3S.HI/c1-14-6-4-7-15(12-14)18(2,3)13-21-17(19)20-10-9-16-8-5-11-22-16;/h4-8,11-12H,9-10,13H2,1-3H3,(H3,19,20,21);1H. The van der Waals surface area contributed by atoms with Gasteiger partial charge in [-0.1, -0.05) is 49.7 Å². The summed E-state index contributed by atoms with van der Waals surface area (Å²) < 4.78 is 0. The van der Waals surface area contributed by atoms with Gasteiger partial charge in [0.1, 0.15) is 0 Å². The lowest BCUT2D eigenvalue weighted by atomic mass is 9.84. The predicted octanol–water partition coefficient (Wildman–Crippen LogP) is 4.10. The molecule has 0 radical (unpaired) electrons. The fraction of sp³-hybridized carbons (Fsp3) is 0.389. The summed E-state index contributed by atoms with van der Waals surface area (Å²) in [6, 6.07) is 12.8. The molecule has 5 heteroatoms. The minimum atomic E-state index is -0.0218. The van der Waals surface area contributed by atoms with E-state index in [1.165, 1.54) is 16.0 Å². The molecule has 2 rings (SSSR count). The first-order chi connectivity index (χ1) is 10.5. The highest BCUT2D eigenvalue weighted by Gasteiger charge is 2.20. The zero-order valence-corrected chi connectivity index (χ0v) is 17.2. The Morgan fingerprint density at radius 1 is 1.26 bits per heavy atom.